The van der Waals surface area contributed by atoms with E-state index in [1.807, 2.05) is 6.92 Å². The van der Waals surface area contributed by atoms with Crippen LogP contribution in [0.15, 0.2) is 34.5 Å². The van der Waals surface area contributed by atoms with Crippen LogP contribution in [0.4, 0.5) is 23.2 Å². The number of aryl methyl sites for hydroxylation is 1. The van der Waals surface area contributed by atoms with Gasteiger partial charge >= 0.3 is 6.18 Å². The van der Waals surface area contributed by atoms with Crippen molar-refractivity contribution in [1.29, 1.82) is 0 Å². The number of amidine groups is 1. The molecule has 0 aromatic heterocycles. The first-order valence-electron chi connectivity index (χ1n) is 11.2. The zero-order valence-electron chi connectivity index (χ0n) is 19.2. The van der Waals surface area contributed by atoms with Gasteiger partial charge in [0.05, 0.1) is 19.8 Å². The van der Waals surface area contributed by atoms with Crippen molar-refractivity contribution in [2.45, 2.75) is 70.8 Å². The minimum Gasteiger partial charge on any atom is -0.494 e. The number of hydrazine groups is 1. The third-order valence-corrected chi connectivity index (χ3v) is 6.02. The molecule has 0 saturated carbocycles. The molecule has 2 unspecified atom stereocenters. The third kappa shape index (κ3) is 6.68. The molecule has 184 valence electrons. The SMILES string of the molecule is CCC/C(OC1CC2COCC(C1)N2CC(F)(F)F)=C(/C)C(=Nc1ccc(C)cc1F)NN. The van der Waals surface area contributed by atoms with Crippen LogP contribution in [0, 0.1) is 12.7 Å². The molecule has 0 radical (unpaired) electrons. The number of nitrogens with zero attached hydrogens (tertiary/aromatic N) is 2. The molecule has 3 N–H and O–H groups in total. The van der Waals surface area contributed by atoms with E-state index in [9.17, 15) is 17.6 Å². The van der Waals surface area contributed by atoms with Crippen LogP contribution in [0.3, 0.4) is 0 Å². The fourth-order valence-electron chi connectivity index (χ4n) is 4.44. The van der Waals surface area contributed by atoms with Crippen molar-refractivity contribution in [3.63, 3.8) is 0 Å². The maximum atomic E-state index is 14.3. The number of fused-ring (bicyclic) bond motifs is 2. The average molecular weight is 473 g/mol. The lowest BCUT2D eigenvalue weighted by Gasteiger charge is -2.48. The number of nitrogens with two attached hydrogens (primary N) is 1. The molecule has 1 aromatic rings. The molecular weight excluding hydrogens is 440 g/mol. The van der Waals surface area contributed by atoms with Gasteiger partial charge in [0.25, 0.3) is 0 Å². The Morgan fingerprint density at radius 2 is 1.94 bits per heavy atom. The summed E-state index contributed by atoms with van der Waals surface area (Å²) < 4.78 is 65.3. The van der Waals surface area contributed by atoms with Crippen LogP contribution in [-0.2, 0) is 9.47 Å². The van der Waals surface area contributed by atoms with Gasteiger partial charge in [0, 0.05) is 36.9 Å². The maximum Gasteiger partial charge on any atom is 0.401 e. The van der Waals surface area contributed by atoms with Gasteiger partial charge in [-0.25, -0.2) is 15.2 Å². The standard InChI is InChI=1S/C23H32F4N4O2/c1-4-5-21(15(3)22(30-28)29-20-7-6-14(2)8-19(20)24)33-18-9-16-11-32-12-17(10-18)31(16)13-23(25,26)27/h6-8,16-18H,4-5,9-13,28H2,1-3H3,(H,29,30)/b21-15+. The predicted octanol–water partition coefficient (Wildman–Crippen LogP) is 4.51. The van der Waals surface area contributed by atoms with Gasteiger partial charge in [-0.05, 0) is 38.0 Å². The number of alkyl halides is 3. The Morgan fingerprint density at radius 3 is 2.48 bits per heavy atom. The Bertz CT molecular complexity index is 874. The van der Waals surface area contributed by atoms with E-state index in [4.69, 9.17) is 15.3 Å². The van der Waals surface area contributed by atoms with Gasteiger partial charge in [-0.15, -0.1) is 0 Å². The first-order valence-corrected chi connectivity index (χ1v) is 11.2. The Balaban J connectivity index is 1.81. The predicted molar refractivity (Wildman–Crippen MR) is 118 cm³/mol. The van der Waals surface area contributed by atoms with Gasteiger partial charge in [0.2, 0.25) is 0 Å². The quantitative estimate of drug-likeness (QED) is 0.153. The molecule has 10 heteroatoms. The van der Waals surface area contributed by atoms with Crippen LogP contribution in [-0.4, -0.2) is 54.9 Å². The number of hydrogen-bond acceptors (Lipinski definition) is 5. The molecule has 6 nitrogen and oxygen atoms in total. The van der Waals surface area contributed by atoms with E-state index in [1.165, 1.54) is 11.0 Å². The van der Waals surface area contributed by atoms with Gasteiger partial charge in [0.1, 0.15) is 29.2 Å². The van der Waals surface area contributed by atoms with E-state index in [1.54, 1.807) is 26.0 Å². The lowest BCUT2D eigenvalue weighted by Crippen LogP contribution is -2.60. The smallest absolute Gasteiger partial charge is 0.401 e. The van der Waals surface area contributed by atoms with Crippen molar-refractivity contribution < 1.29 is 27.0 Å². The molecule has 2 aliphatic rings. The van der Waals surface area contributed by atoms with Crippen LogP contribution >= 0.6 is 0 Å². The summed E-state index contributed by atoms with van der Waals surface area (Å²) >= 11 is 0. The Hall–Kier alpha value is -2.17. The molecule has 2 fully saturated rings. The molecule has 2 bridgehead atoms. The van der Waals surface area contributed by atoms with Crippen molar-refractivity contribution >= 4 is 11.5 Å². The van der Waals surface area contributed by atoms with Gasteiger partial charge in [-0.1, -0.05) is 13.0 Å². The number of rotatable bonds is 7. The molecule has 0 aliphatic carbocycles. The lowest BCUT2D eigenvalue weighted by atomic mass is 9.91. The highest BCUT2D eigenvalue weighted by Gasteiger charge is 2.44. The molecule has 2 saturated heterocycles. The monoisotopic (exact) mass is 472 g/mol. The second-order valence-corrected chi connectivity index (χ2v) is 8.70. The molecule has 1 aromatic carbocycles. The van der Waals surface area contributed by atoms with Crippen LogP contribution in [0.1, 0.15) is 45.1 Å². The number of hydrogen-bond donors (Lipinski definition) is 2. The summed E-state index contributed by atoms with van der Waals surface area (Å²) in [6, 6.07) is 4.02. The van der Waals surface area contributed by atoms with Crippen LogP contribution in [0.2, 0.25) is 0 Å². The Kier molecular flexibility index (Phi) is 8.36. The van der Waals surface area contributed by atoms with Crippen molar-refractivity contribution in [2.75, 3.05) is 19.8 Å². The molecule has 3 rings (SSSR count). The Morgan fingerprint density at radius 1 is 1.27 bits per heavy atom. The number of nitrogens with one attached hydrogen (secondary N) is 1. The highest BCUT2D eigenvalue weighted by Crippen LogP contribution is 2.34. The first-order chi connectivity index (χ1) is 15.6. The minimum atomic E-state index is -4.26. The topological polar surface area (TPSA) is 72.1 Å². The van der Waals surface area contributed by atoms with Gasteiger partial charge in [-0.2, -0.15) is 13.2 Å². The highest BCUT2D eigenvalue weighted by atomic mass is 19.4. The summed E-state index contributed by atoms with van der Waals surface area (Å²) in [4.78, 5) is 5.83. The molecule has 2 atom stereocenters. The summed E-state index contributed by atoms with van der Waals surface area (Å²) in [7, 11) is 0. The number of morpholine rings is 1. The Labute approximate surface area is 191 Å². The fourth-order valence-corrected chi connectivity index (χ4v) is 4.44. The number of allylic oxidation sites excluding steroid dienone is 1. The van der Waals surface area contributed by atoms with Gasteiger partial charge < -0.3 is 14.9 Å². The van der Waals surface area contributed by atoms with Crippen LogP contribution in [0.5, 0.6) is 0 Å². The summed E-state index contributed by atoms with van der Waals surface area (Å²) in [6.07, 6.45) is -2.26. The zero-order valence-corrected chi connectivity index (χ0v) is 19.2. The van der Waals surface area contributed by atoms with Crippen molar-refractivity contribution in [1.82, 2.24) is 10.3 Å². The first kappa shape index (κ1) is 25.5. The summed E-state index contributed by atoms with van der Waals surface area (Å²) in [5.41, 5.74) is 4.10. The van der Waals surface area contributed by atoms with E-state index < -0.39 is 18.5 Å². The summed E-state index contributed by atoms with van der Waals surface area (Å²) in [6.45, 7) is 5.14. The zero-order chi connectivity index (χ0) is 24.2. The number of aliphatic imine (C=N–C) groups is 1. The highest BCUT2D eigenvalue weighted by molar-refractivity contribution is 5.99. The van der Waals surface area contributed by atoms with Crippen LogP contribution in [0.25, 0.3) is 0 Å². The molecule has 0 spiro atoms. The van der Waals surface area contributed by atoms with E-state index in [-0.39, 0.29) is 42.9 Å². The van der Waals surface area contributed by atoms with Crippen molar-refractivity contribution in [2.24, 2.45) is 10.8 Å². The lowest BCUT2D eigenvalue weighted by molar-refractivity contribution is -0.189. The summed E-state index contributed by atoms with van der Waals surface area (Å²) in [5.74, 6) is 6.16. The molecule has 0 amide bonds. The van der Waals surface area contributed by atoms with E-state index in [2.05, 4.69) is 10.4 Å². The van der Waals surface area contributed by atoms with E-state index in [0.29, 0.717) is 30.6 Å². The van der Waals surface area contributed by atoms with Crippen molar-refractivity contribution in [3.05, 3.63) is 40.9 Å². The number of ether oxygens (including phenoxy) is 2. The molecule has 2 heterocycles. The number of piperidine rings is 1. The minimum absolute atomic E-state index is 0.149. The van der Waals surface area contributed by atoms with Crippen molar-refractivity contribution in [3.8, 4) is 0 Å². The van der Waals surface area contributed by atoms with Crippen LogP contribution < -0.4 is 11.3 Å². The molecule has 33 heavy (non-hydrogen) atoms. The van der Waals surface area contributed by atoms with Gasteiger partial charge in [0.15, 0.2) is 0 Å². The van der Waals surface area contributed by atoms with Gasteiger partial charge in [-0.3, -0.25) is 4.90 Å². The maximum absolute atomic E-state index is 14.3. The fraction of sp³-hybridized carbons (Fsp3) is 0.609. The largest absolute Gasteiger partial charge is 0.494 e. The average Bonchev–Trinajstić information content (AvgIpc) is 2.72. The number of halogens is 4. The second-order valence-electron chi connectivity index (χ2n) is 8.70. The second kappa shape index (κ2) is 10.8. The summed E-state index contributed by atoms with van der Waals surface area (Å²) in [5, 5.41) is 0. The third-order valence-electron chi connectivity index (χ3n) is 6.02. The normalized spacial score (nSPS) is 25.0. The van der Waals surface area contributed by atoms with E-state index >= 15 is 0 Å². The number of benzene rings is 1. The molecule has 2 aliphatic heterocycles. The van der Waals surface area contributed by atoms with E-state index in [0.717, 1.165) is 12.0 Å². The molecular formula is C23H32F4N4O2.